The quantitative estimate of drug-likeness (QED) is 0.192. The second-order valence-corrected chi connectivity index (χ2v) is 11.3. The summed E-state index contributed by atoms with van der Waals surface area (Å²) in [5, 5.41) is 0. The number of rotatable bonds is 7. The van der Waals surface area contributed by atoms with Gasteiger partial charge in [0.15, 0.2) is 0 Å². The third kappa shape index (κ3) is 6.69. The molecule has 1 heteroatoms. The summed E-state index contributed by atoms with van der Waals surface area (Å²) in [4.78, 5) is 2.50. The van der Waals surface area contributed by atoms with Crippen LogP contribution in [0.5, 0.6) is 0 Å². The molecule has 0 atom stereocenters. The molecule has 0 nitrogen and oxygen atoms in total. The van der Waals surface area contributed by atoms with Gasteiger partial charge in [0.1, 0.15) is 0 Å². The van der Waals surface area contributed by atoms with E-state index in [9.17, 15) is 0 Å². The molecule has 0 aromatic heterocycles. The first-order valence-electron chi connectivity index (χ1n) is 13.4. The molecule has 0 aliphatic heterocycles. The molecule has 39 heavy (non-hydrogen) atoms. The van der Waals surface area contributed by atoms with Gasteiger partial charge >= 0.3 is 0 Å². The maximum absolute atomic E-state index is 2.34. The molecule has 0 fully saturated rings. The minimum absolute atomic E-state index is 1.22. The summed E-state index contributed by atoms with van der Waals surface area (Å²) in [5.41, 5.74) is 12.6. The van der Waals surface area contributed by atoms with Crippen LogP contribution >= 0.6 is 11.8 Å². The highest BCUT2D eigenvalue weighted by Gasteiger charge is 2.09. The maximum Gasteiger partial charge on any atom is 0.0122 e. The summed E-state index contributed by atoms with van der Waals surface area (Å²) in [5.74, 6) is 0. The molecule has 192 valence electrons. The van der Waals surface area contributed by atoms with Crippen molar-refractivity contribution in [1.29, 1.82) is 0 Å². The van der Waals surface area contributed by atoms with Gasteiger partial charge in [0.2, 0.25) is 0 Å². The van der Waals surface area contributed by atoms with Crippen LogP contribution in [0, 0.1) is 20.8 Å². The lowest BCUT2D eigenvalue weighted by molar-refractivity contribution is 1.35. The summed E-state index contributed by atoms with van der Waals surface area (Å²) in [6.07, 6.45) is 4.64. The second-order valence-electron chi connectivity index (χ2n) is 10.1. The molecule has 0 radical (unpaired) electrons. The molecular weight excluding hydrogens is 488 g/mol. The summed E-state index contributed by atoms with van der Waals surface area (Å²) in [7, 11) is 0. The summed E-state index contributed by atoms with van der Waals surface area (Å²) >= 11 is 1.80. The van der Waals surface area contributed by atoms with Gasteiger partial charge in [0.05, 0.1) is 0 Å². The molecule has 0 spiro atoms. The monoisotopic (exact) mass is 522 g/mol. The third-order valence-electron chi connectivity index (χ3n) is 7.06. The Bertz CT molecular complexity index is 1610. The van der Waals surface area contributed by atoms with Gasteiger partial charge in [-0.15, -0.1) is 0 Å². The predicted octanol–water partition coefficient (Wildman–Crippen LogP) is 10.9. The molecule has 0 heterocycles. The molecule has 0 aliphatic carbocycles. The molecule has 0 bridgehead atoms. The van der Waals surface area contributed by atoms with Gasteiger partial charge in [-0.25, -0.2) is 0 Å². The summed E-state index contributed by atoms with van der Waals surface area (Å²) < 4.78 is 0. The van der Waals surface area contributed by atoms with Gasteiger partial charge in [-0.05, 0) is 108 Å². The molecule has 0 saturated heterocycles. The van der Waals surface area contributed by atoms with E-state index in [2.05, 4.69) is 161 Å². The molecule has 5 aromatic carbocycles. The SMILES string of the molecule is C/C(=C/c1cc(C)c(/C=C(\c2ccccc2)c2ccc(Sc3ccc(C)cc3)cc2)cc1C)c1ccccc1. The van der Waals surface area contributed by atoms with Crippen LogP contribution in [0.15, 0.2) is 131 Å². The van der Waals surface area contributed by atoms with Gasteiger partial charge in [0.25, 0.3) is 0 Å². The van der Waals surface area contributed by atoms with Crippen LogP contribution in [0.1, 0.15) is 51.4 Å². The fraction of sp³-hybridized carbons (Fsp3) is 0.105. The zero-order chi connectivity index (χ0) is 27.2. The minimum Gasteiger partial charge on any atom is -0.0901 e. The van der Waals surface area contributed by atoms with Crippen molar-refractivity contribution in [2.24, 2.45) is 0 Å². The largest absolute Gasteiger partial charge is 0.0901 e. The fourth-order valence-corrected chi connectivity index (χ4v) is 5.56. The standard InChI is InChI=1S/C38H34S/c1-27-15-19-36(20-16-27)39-37-21-17-33(18-22-37)38(32-13-9-6-10-14-32)26-35-25-29(3)34(24-30(35)4)23-28(2)31-11-7-5-8-12-31/h5-26H,1-4H3/b28-23-,38-26+. The van der Waals surface area contributed by atoms with Crippen molar-refractivity contribution in [3.8, 4) is 0 Å². The Morgan fingerprint density at radius 2 is 0.974 bits per heavy atom. The summed E-state index contributed by atoms with van der Waals surface area (Å²) in [6.45, 7) is 8.73. The first-order valence-corrected chi connectivity index (χ1v) is 14.2. The molecule has 0 aliphatic rings. The summed E-state index contributed by atoms with van der Waals surface area (Å²) in [6, 6.07) is 43.6. The van der Waals surface area contributed by atoms with Crippen LogP contribution in [0.4, 0.5) is 0 Å². The highest BCUT2D eigenvalue weighted by atomic mass is 32.2. The van der Waals surface area contributed by atoms with Crippen molar-refractivity contribution < 1.29 is 0 Å². The molecule has 5 rings (SSSR count). The first-order chi connectivity index (χ1) is 19.0. The van der Waals surface area contributed by atoms with Gasteiger partial charge in [-0.2, -0.15) is 0 Å². The Hall–Kier alpha value is -4.07. The van der Waals surface area contributed by atoms with E-state index in [1.807, 2.05) is 0 Å². The number of benzene rings is 5. The average Bonchev–Trinajstić information content (AvgIpc) is 2.97. The van der Waals surface area contributed by atoms with Gasteiger partial charge in [0, 0.05) is 9.79 Å². The van der Waals surface area contributed by atoms with Gasteiger partial charge < -0.3 is 0 Å². The lowest BCUT2D eigenvalue weighted by Gasteiger charge is -2.13. The van der Waals surface area contributed by atoms with Gasteiger partial charge in [-0.1, -0.05) is 120 Å². The van der Waals surface area contributed by atoms with Crippen molar-refractivity contribution in [1.82, 2.24) is 0 Å². The van der Waals surface area contributed by atoms with E-state index in [0.717, 1.165) is 0 Å². The number of hydrogen-bond donors (Lipinski definition) is 0. The lowest BCUT2D eigenvalue weighted by Crippen LogP contribution is -1.92. The Kier molecular flexibility index (Phi) is 8.30. The third-order valence-corrected chi connectivity index (χ3v) is 8.08. The highest BCUT2D eigenvalue weighted by molar-refractivity contribution is 7.99. The minimum atomic E-state index is 1.22. The van der Waals surface area contributed by atoms with Crippen LogP contribution in [-0.4, -0.2) is 0 Å². The zero-order valence-electron chi connectivity index (χ0n) is 23.1. The molecule has 0 unspecified atom stereocenters. The van der Waals surface area contributed by atoms with Crippen molar-refractivity contribution in [3.05, 3.63) is 166 Å². The number of allylic oxidation sites excluding steroid dienone is 1. The van der Waals surface area contributed by atoms with E-state index in [1.165, 1.54) is 65.4 Å². The Labute approximate surface area is 237 Å². The molecular formula is C38H34S. The molecule has 0 saturated carbocycles. The van der Waals surface area contributed by atoms with E-state index >= 15 is 0 Å². The zero-order valence-corrected chi connectivity index (χ0v) is 23.9. The van der Waals surface area contributed by atoms with E-state index in [1.54, 1.807) is 11.8 Å². The van der Waals surface area contributed by atoms with Crippen LogP contribution in [0.25, 0.3) is 23.3 Å². The van der Waals surface area contributed by atoms with E-state index in [0.29, 0.717) is 0 Å². The Balaban J connectivity index is 1.49. The van der Waals surface area contributed by atoms with Crippen LogP contribution in [0.2, 0.25) is 0 Å². The van der Waals surface area contributed by atoms with Gasteiger partial charge in [-0.3, -0.25) is 0 Å². The van der Waals surface area contributed by atoms with Crippen LogP contribution in [0.3, 0.4) is 0 Å². The number of hydrogen-bond acceptors (Lipinski definition) is 1. The fourth-order valence-electron chi connectivity index (χ4n) is 4.74. The molecule has 0 N–H and O–H groups in total. The molecule has 5 aromatic rings. The van der Waals surface area contributed by atoms with E-state index < -0.39 is 0 Å². The van der Waals surface area contributed by atoms with Crippen molar-refractivity contribution in [2.45, 2.75) is 37.5 Å². The molecule has 0 amide bonds. The maximum atomic E-state index is 2.34. The number of aryl methyl sites for hydroxylation is 3. The van der Waals surface area contributed by atoms with Crippen molar-refractivity contribution in [3.63, 3.8) is 0 Å². The van der Waals surface area contributed by atoms with E-state index in [4.69, 9.17) is 0 Å². The second kappa shape index (κ2) is 12.2. The average molecular weight is 523 g/mol. The Morgan fingerprint density at radius 3 is 1.54 bits per heavy atom. The normalized spacial score (nSPS) is 12.0. The van der Waals surface area contributed by atoms with E-state index in [-0.39, 0.29) is 0 Å². The van der Waals surface area contributed by atoms with Crippen LogP contribution < -0.4 is 0 Å². The lowest BCUT2D eigenvalue weighted by atomic mass is 9.92. The van der Waals surface area contributed by atoms with Crippen LogP contribution in [-0.2, 0) is 0 Å². The van der Waals surface area contributed by atoms with Crippen molar-refractivity contribution >= 4 is 35.1 Å². The first kappa shape index (κ1) is 26.5. The topological polar surface area (TPSA) is 0 Å². The highest BCUT2D eigenvalue weighted by Crippen LogP contribution is 2.33. The van der Waals surface area contributed by atoms with Crippen molar-refractivity contribution in [2.75, 3.05) is 0 Å². The smallest absolute Gasteiger partial charge is 0.0122 e. The Morgan fingerprint density at radius 1 is 0.513 bits per heavy atom. The predicted molar refractivity (Wildman–Crippen MR) is 171 cm³/mol.